The lowest BCUT2D eigenvalue weighted by molar-refractivity contribution is -0.142. The van der Waals surface area contributed by atoms with Crippen LogP contribution in [0, 0.1) is 5.82 Å². The van der Waals surface area contributed by atoms with Crippen LogP contribution < -0.4 is 15.4 Å². The number of methoxy groups -OCH3 is 1. The van der Waals surface area contributed by atoms with Crippen molar-refractivity contribution in [2.24, 2.45) is 0 Å². The zero-order chi connectivity index (χ0) is 21.4. The highest BCUT2D eigenvalue weighted by Crippen LogP contribution is 2.14. The molecule has 0 unspecified atom stereocenters. The molecule has 2 amide bonds. The van der Waals surface area contributed by atoms with Crippen molar-refractivity contribution in [1.82, 2.24) is 10.6 Å². The van der Waals surface area contributed by atoms with Gasteiger partial charge in [0.25, 0.3) is 0 Å². The molecular formula is C21H23FN2O5. The SMILES string of the molecule is COc1cccc(C[C@@H](NC(=O)[C@@H](Cc2cccc(F)c2)NC(C)=O)C(=O)O)c1. The number of benzene rings is 2. The molecule has 2 aromatic rings. The van der Waals surface area contributed by atoms with Gasteiger partial charge >= 0.3 is 5.97 Å². The maximum atomic E-state index is 13.4. The number of rotatable bonds is 9. The number of carboxylic acids is 1. The van der Waals surface area contributed by atoms with E-state index in [9.17, 15) is 23.9 Å². The van der Waals surface area contributed by atoms with Crippen LogP contribution in [0.5, 0.6) is 5.75 Å². The van der Waals surface area contributed by atoms with E-state index in [0.29, 0.717) is 16.9 Å². The summed E-state index contributed by atoms with van der Waals surface area (Å²) in [5.41, 5.74) is 1.16. The third kappa shape index (κ3) is 6.91. The summed E-state index contributed by atoms with van der Waals surface area (Å²) in [4.78, 5) is 35.8. The van der Waals surface area contributed by atoms with Crippen LogP contribution in [0.3, 0.4) is 0 Å². The van der Waals surface area contributed by atoms with Gasteiger partial charge in [0.2, 0.25) is 11.8 Å². The van der Waals surface area contributed by atoms with Crippen LogP contribution in [-0.2, 0) is 27.2 Å². The Kier molecular flexibility index (Phi) is 7.70. The Hall–Kier alpha value is -3.42. The van der Waals surface area contributed by atoms with Gasteiger partial charge in [0, 0.05) is 19.8 Å². The third-order valence-electron chi connectivity index (χ3n) is 4.21. The molecule has 0 heterocycles. The van der Waals surface area contributed by atoms with Crippen molar-refractivity contribution in [2.45, 2.75) is 31.8 Å². The molecule has 0 saturated carbocycles. The van der Waals surface area contributed by atoms with Gasteiger partial charge in [-0.3, -0.25) is 9.59 Å². The van der Waals surface area contributed by atoms with Crippen LogP contribution in [0.15, 0.2) is 48.5 Å². The van der Waals surface area contributed by atoms with Gasteiger partial charge in [-0.1, -0.05) is 24.3 Å². The molecule has 0 radical (unpaired) electrons. The van der Waals surface area contributed by atoms with E-state index in [1.807, 2.05) is 0 Å². The Morgan fingerprint density at radius 3 is 2.21 bits per heavy atom. The topological polar surface area (TPSA) is 105 Å². The first kappa shape index (κ1) is 21.9. The van der Waals surface area contributed by atoms with Gasteiger partial charge in [0.05, 0.1) is 7.11 Å². The fraction of sp³-hybridized carbons (Fsp3) is 0.286. The van der Waals surface area contributed by atoms with Gasteiger partial charge in [0.1, 0.15) is 23.7 Å². The molecule has 0 fully saturated rings. The molecule has 0 aliphatic heterocycles. The maximum absolute atomic E-state index is 13.4. The molecule has 29 heavy (non-hydrogen) atoms. The number of amides is 2. The predicted molar refractivity (Wildman–Crippen MR) is 104 cm³/mol. The van der Waals surface area contributed by atoms with E-state index >= 15 is 0 Å². The van der Waals surface area contributed by atoms with Crippen molar-refractivity contribution >= 4 is 17.8 Å². The second-order valence-electron chi connectivity index (χ2n) is 6.54. The van der Waals surface area contributed by atoms with Crippen LogP contribution in [0.2, 0.25) is 0 Å². The van der Waals surface area contributed by atoms with Crippen molar-refractivity contribution < 1.29 is 28.6 Å². The quantitative estimate of drug-likeness (QED) is 0.592. The van der Waals surface area contributed by atoms with Crippen LogP contribution in [0.1, 0.15) is 18.1 Å². The van der Waals surface area contributed by atoms with Gasteiger partial charge < -0.3 is 20.5 Å². The van der Waals surface area contributed by atoms with E-state index in [-0.39, 0.29) is 12.8 Å². The van der Waals surface area contributed by atoms with Crippen LogP contribution in [-0.4, -0.2) is 42.1 Å². The summed E-state index contributed by atoms with van der Waals surface area (Å²) in [5.74, 6) is -2.24. The molecule has 0 saturated heterocycles. The van der Waals surface area contributed by atoms with Crippen molar-refractivity contribution in [3.8, 4) is 5.75 Å². The second kappa shape index (κ2) is 10.2. The number of nitrogens with one attached hydrogen (secondary N) is 2. The van der Waals surface area contributed by atoms with Crippen LogP contribution >= 0.6 is 0 Å². The van der Waals surface area contributed by atoms with Gasteiger partial charge in [-0.15, -0.1) is 0 Å². The minimum absolute atomic E-state index is 0.0225. The molecular weight excluding hydrogens is 379 g/mol. The number of halogens is 1. The van der Waals surface area contributed by atoms with E-state index in [0.717, 1.165) is 0 Å². The summed E-state index contributed by atoms with van der Waals surface area (Å²) in [6.07, 6.45) is 0.0553. The Bertz CT molecular complexity index is 887. The lowest BCUT2D eigenvalue weighted by Gasteiger charge is -2.21. The van der Waals surface area contributed by atoms with Gasteiger partial charge in [0.15, 0.2) is 0 Å². The van der Waals surface area contributed by atoms with Crippen molar-refractivity contribution in [1.29, 1.82) is 0 Å². The number of hydrogen-bond acceptors (Lipinski definition) is 4. The molecule has 2 rings (SSSR count). The molecule has 7 nitrogen and oxygen atoms in total. The normalized spacial score (nSPS) is 12.5. The van der Waals surface area contributed by atoms with E-state index in [1.54, 1.807) is 30.3 Å². The highest BCUT2D eigenvalue weighted by Gasteiger charge is 2.26. The molecule has 0 aliphatic carbocycles. The second-order valence-corrected chi connectivity index (χ2v) is 6.54. The Morgan fingerprint density at radius 2 is 1.62 bits per heavy atom. The highest BCUT2D eigenvalue weighted by atomic mass is 19.1. The fourth-order valence-corrected chi connectivity index (χ4v) is 2.86. The van der Waals surface area contributed by atoms with Gasteiger partial charge in [-0.05, 0) is 35.4 Å². The number of aliphatic carboxylic acids is 1. The molecule has 0 aliphatic rings. The smallest absolute Gasteiger partial charge is 0.326 e. The highest BCUT2D eigenvalue weighted by molar-refractivity contribution is 5.90. The van der Waals surface area contributed by atoms with Crippen molar-refractivity contribution in [2.75, 3.05) is 7.11 Å². The molecule has 0 spiro atoms. The summed E-state index contributed by atoms with van der Waals surface area (Å²) in [6.45, 7) is 1.25. The standard InChI is InChI=1S/C21H23FN2O5/c1-13(25)23-18(11-14-5-3-7-16(22)9-14)20(26)24-19(21(27)28)12-15-6-4-8-17(10-15)29-2/h3-10,18-19H,11-12H2,1-2H3,(H,23,25)(H,24,26)(H,27,28)/t18-,19-/m1/s1. The first-order valence-corrected chi connectivity index (χ1v) is 8.96. The first-order chi connectivity index (χ1) is 13.8. The average Bonchev–Trinajstić information content (AvgIpc) is 2.66. The average molecular weight is 402 g/mol. The number of carboxylic acid groups (broad SMARTS) is 1. The zero-order valence-corrected chi connectivity index (χ0v) is 16.1. The molecule has 8 heteroatoms. The minimum atomic E-state index is -1.21. The van der Waals surface area contributed by atoms with Gasteiger partial charge in [-0.2, -0.15) is 0 Å². The monoisotopic (exact) mass is 402 g/mol. The van der Waals surface area contributed by atoms with Crippen LogP contribution in [0.25, 0.3) is 0 Å². The minimum Gasteiger partial charge on any atom is -0.497 e. The van der Waals surface area contributed by atoms with Crippen LogP contribution in [0.4, 0.5) is 4.39 Å². The fourth-order valence-electron chi connectivity index (χ4n) is 2.86. The number of hydrogen-bond donors (Lipinski definition) is 3. The maximum Gasteiger partial charge on any atom is 0.326 e. The number of carbonyl (C=O) groups is 3. The largest absolute Gasteiger partial charge is 0.497 e. The van der Waals surface area contributed by atoms with Gasteiger partial charge in [-0.25, -0.2) is 9.18 Å². The molecule has 2 atom stereocenters. The molecule has 3 N–H and O–H groups in total. The van der Waals surface area contributed by atoms with Crippen molar-refractivity contribution in [3.63, 3.8) is 0 Å². The molecule has 0 bridgehead atoms. The summed E-state index contributed by atoms with van der Waals surface area (Å²) in [7, 11) is 1.50. The molecule has 2 aromatic carbocycles. The Morgan fingerprint density at radius 1 is 1.00 bits per heavy atom. The van der Waals surface area contributed by atoms with E-state index in [1.165, 1.54) is 32.2 Å². The summed E-state index contributed by atoms with van der Waals surface area (Å²) >= 11 is 0. The molecule has 154 valence electrons. The number of carbonyl (C=O) groups excluding carboxylic acids is 2. The Labute approximate surface area is 167 Å². The van der Waals surface area contributed by atoms with E-state index < -0.39 is 35.7 Å². The summed E-state index contributed by atoms with van der Waals surface area (Å²) < 4.78 is 18.5. The lowest BCUT2D eigenvalue weighted by atomic mass is 10.0. The van der Waals surface area contributed by atoms with E-state index in [4.69, 9.17) is 4.74 Å². The van der Waals surface area contributed by atoms with E-state index in [2.05, 4.69) is 10.6 Å². The Balaban J connectivity index is 2.14. The predicted octanol–water partition coefficient (Wildman–Crippen LogP) is 1.69. The first-order valence-electron chi connectivity index (χ1n) is 8.96. The van der Waals surface area contributed by atoms with Crippen molar-refractivity contribution in [3.05, 3.63) is 65.5 Å². The summed E-state index contributed by atoms with van der Waals surface area (Å²) in [5, 5.41) is 14.5. The third-order valence-corrected chi connectivity index (χ3v) is 4.21. The zero-order valence-electron chi connectivity index (χ0n) is 16.1. The summed E-state index contributed by atoms with van der Waals surface area (Å²) in [6, 6.07) is 10.2. The lowest BCUT2D eigenvalue weighted by Crippen LogP contribution is -2.52. The number of ether oxygens (including phenoxy) is 1. The molecule has 0 aromatic heterocycles.